The predicted molar refractivity (Wildman–Crippen MR) is 149 cm³/mol. The Bertz CT molecular complexity index is 1370. The van der Waals surface area contributed by atoms with Gasteiger partial charge >= 0.3 is 11.9 Å². The lowest BCUT2D eigenvalue weighted by atomic mass is 9.80. The third-order valence-electron chi connectivity index (χ3n) is 6.36. The van der Waals surface area contributed by atoms with Crippen molar-refractivity contribution < 1.29 is 19.1 Å². The molecule has 0 aliphatic carbocycles. The van der Waals surface area contributed by atoms with Crippen LogP contribution in [0.4, 0.5) is 0 Å². The van der Waals surface area contributed by atoms with Crippen LogP contribution in [0.5, 0.6) is 0 Å². The van der Waals surface area contributed by atoms with Gasteiger partial charge in [0.15, 0.2) is 0 Å². The third kappa shape index (κ3) is 6.26. The number of aromatic nitrogens is 2. The van der Waals surface area contributed by atoms with Gasteiger partial charge in [-0.05, 0) is 55.0 Å². The standard InChI is InChI=1S/C30H31N3O4S/c1-20-26(29(34)36-3)28(24-11-13-25(38-4)14-12-24)27(21(2)32-20)30(35)37-17-5-6-22-7-9-23(10-8-22)18-33-16-15-31-19-33/h5-16,19,28,32H,17-18H2,1-4H3. The van der Waals surface area contributed by atoms with E-state index in [4.69, 9.17) is 9.47 Å². The monoisotopic (exact) mass is 529 g/mol. The molecule has 1 aliphatic rings. The lowest BCUT2D eigenvalue weighted by molar-refractivity contribution is -0.138. The summed E-state index contributed by atoms with van der Waals surface area (Å²) < 4.78 is 12.7. The van der Waals surface area contributed by atoms with Crippen LogP contribution in [-0.2, 0) is 25.6 Å². The number of hydrogen-bond acceptors (Lipinski definition) is 7. The normalized spacial score (nSPS) is 15.5. The second kappa shape index (κ2) is 12.5. The fourth-order valence-electron chi connectivity index (χ4n) is 4.49. The van der Waals surface area contributed by atoms with Gasteiger partial charge in [0.1, 0.15) is 6.61 Å². The predicted octanol–water partition coefficient (Wildman–Crippen LogP) is 5.32. The summed E-state index contributed by atoms with van der Waals surface area (Å²) in [6.45, 7) is 4.48. The number of rotatable bonds is 9. The van der Waals surface area contributed by atoms with Gasteiger partial charge in [-0.25, -0.2) is 14.6 Å². The molecule has 4 rings (SSSR count). The highest BCUT2D eigenvalue weighted by molar-refractivity contribution is 7.98. The van der Waals surface area contributed by atoms with Crippen molar-refractivity contribution in [3.63, 3.8) is 0 Å². The van der Waals surface area contributed by atoms with E-state index in [2.05, 4.69) is 22.4 Å². The largest absolute Gasteiger partial charge is 0.466 e. The highest BCUT2D eigenvalue weighted by Crippen LogP contribution is 2.39. The molecular weight excluding hydrogens is 498 g/mol. The molecule has 1 aliphatic heterocycles. The summed E-state index contributed by atoms with van der Waals surface area (Å²) in [5.41, 5.74) is 5.08. The summed E-state index contributed by atoms with van der Waals surface area (Å²) >= 11 is 1.63. The number of hydrogen-bond donors (Lipinski definition) is 1. The van der Waals surface area contributed by atoms with Crippen molar-refractivity contribution in [3.8, 4) is 0 Å². The van der Waals surface area contributed by atoms with E-state index in [1.807, 2.05) is 73.3 Å². The van der Waals surface area contributed by atoms with Crippen LogP contribution in [0.2, 0.25) is 0 Å². The Kier molecular flexibility index (Phi) is 8.86. The van der Waals surface area contributed by atoms with Crippen LogP contribution < -0.4 is 5.32 Å². The highest BCUT2D eigenvalue weighted by Gasteiger charge is 2.37. The molecule has 3 aromatic rings. The topological polar surface area (TPSA) is 82.5 Å². The Hall–Kier alpha value is -4.04. The van der Waals surface area contributed by atoms with Crippen molar-refractivity contribution >= 4 is 29.8 Å². The van der Waals surface area contributed by atoms with Crippen LogP contribution >= 0.6 is 11.8 Å². The van der Waals surface area contributed by atoms with Gasteiger partial charge in [0.2, 0.25) is 0 Å². The Morgan fingerprint density at radius 2 is 1.71 bits per heavy atom. The summed E-state index contributed by atoms with van der Waals surface area (Å²) in [4.78, 5) is 31.3. The number of carbonyl (C=O) groups excluding carboxylic acids is 2. The number of methoxy groups -OCH3 is 1. The van der Waals surface area contributed by atoms with E-state index in [-0.39, 0.29) is 6.61 Å². The zero-order chi connectivity index (χ0) is 27.1. The van der Waals surface area contributed by atoms with E-state index in [1.54, 1.807) is 30.4 Å². The van der Waals surface area contributed by atoms with Crippen LogP contribution in [0.1, 0.15) is 36.5 Å². The Labute approximate surface area is 227 Å². The van der Waals surface area contributed by atoms with Crippen LogP contribution in [0.15, 0.2) is 101 Å². The number of allylic oxidation sites excluding steroid dienone is 2. The zero-order valence-electron chi connectivity index (χ0n) is 21.9. The number of thioether (sulfide) groups is 1. The Balaban J connectivity index is 1.48. The lowest BCUT2D eigenvalue weighted by Crippen LogP contribution is -2.32. The maximum Gasteiger partial charge on any atom is 0.337 e. The summed E-state index contributed by atoms with van der Waals surface area (Å²) in [6.07, 6.45) is 11.2. The molecule has 38 heavy (non-hydrogen) atoms. The molecule has 1 aromatic heterocycles. The fourth-order valence-corrected chi connectivity index (χ4v) is 4.89. The number of dihydropyridines is 1. The molecular formula is C30H31N3O4S. The van der Waals surface area contributed by atoms with Crippen molar-refractivity contribution in [2.75, 3.05) is 20.0 Å². The molecule has 2 heterocycles. The van der Waals surface area contributed by atoms with Gasteiger partial charge in [-0.2, -0.15) is 0 Å². The molecule has 196 valence electrons. The van der Waals surface area contributed by atoms with Gasteiger partial charge in [0.05, 0.1) is 30.5 Å². The smallest absolute Gasteiger partial charge is 0.337 e. The molecule has 0 radical (unpaired) electrons. The molecule has 0 bridgehead atoms. The first kappa shape index (κ1) is 27.0. The maximum absolute atomic E-state index is 13.3. The maximum atomic E-state index is 13.3. The van der Waals surface area contributed by atoms with E-state index >= 15 is 0 Å². The number of nitrogens with one attached hydrogen (secondary N) is 1. The number of nitrogens with zero attached hydrogens (tertiary/aromatic N) is 2. The summed E-state index contributed by atoms with van der Waals surface area (Å²) in [5, 5.41) is 3.16. The van der Waals surface area contributed by atoms with Gasteiger partial charge < -0.3 is 19.4 Å². The minimum atomic E-state index is -0.598. The highest BCUT2D eigenvalue weighted by atomic mass is 32.2. The van der Waals surface area contributed by atoms with Gasteiger partial charge in [-0.3, -0.25) is 0 Å². The molecule has 0 fully saturated rings. The van der Waals surface area contributed by atoms with Crippen LogP contribution in [0.3, 0.4) is 0 Å². The SMILES string of the molecule is COC(=O)C1=C(C)NC(C)=C(C(=O)OCC=Cc2ccc(Cn3ccnc3)cc2)C1c1ccc(SC)cc1. The van der Waals surface area contributed by atoms with Gasteiger partial charge in [-0.15, -0.1) is 11.8 Å². The van der Waals surface area contributed by atoms with E-state index in [0.29, 0.717) is 22.5 Å². The summed E-state index contributed by atoms with van der Waals surface area (Å²) in [5.74, 6) is -1.56. The van der Waals surface area contributed by atoms with E-state index in [1.165, 1.54) is 12.7 Å². The average Bonchev–Trinajstić information content (AvgIpc) is 3.44. The first-order valence-corrected chi connectivity index (χ1v) is 13.4. The zero-order valence-corrected chi connectivity index (χ0v) is 22.7. The van der Waals surface area contributed by atoms with E-state index < -0.39 is 17.9 Å². The minimum absolute atomic E-state index is 0.0980. The quantitative estimate of drug-likeness (QED) is 0.297. The van der Waals surface area contributed by atoms with Crippen molar-refractivity contribution in [2.24, 2.45) is 0 Å². The first-order chi connectivity index (χ1) is 18.4. The van der Waals surface area contributed by atoms with Crippen LogP contribution in [0.25, 0.3) is 6.08 Å². The van der Waals surface area contributed by atoms with Crippen LogP contribution in [0, 0.1) is 0 Å². The van der Waals surface area contributed by atoms with Crippen molar-refractivity contribution in [2.45, 2.75) is 31.2 Å². The molecule has 1 N–H and O–H groups in total. The number of imidazole rings is 1. The molecule has 0 amide bonds. The molecule has 2 aromatic carbocycles. The molecule has 8 heteroatoms. The van der Waals surface area contributed by atoms with E-state index in [9.17, 15) is 9.59 Å². The Morgan fingerprint density at radius 3 is 2.32 bits per heavy atom. The average molecular weight is 530 g/mol. The minimum Gasteiger partial charge on any atom is -0.466 e. The second-order valence-corrected chi connectivity index (χ2v) is 9.76. The molecule has 1 unspecified atom stereocenters. The molecule has 0 saturated heterocycles. The van der Waals surface area contributed by atoms with Crippen molar-refractivity contribution in [3.05, 3.63) is 113 Å². The second-order valence-electron chi connectivity index (χ2n) is 8.88. The van der Waals surface area contributed by atoms with Gasteiger partial charge in [0.25, 0.3) is 0 Å². The Morgan fingerprint density at radius 1 is 1.03 bits per heavy atom. The summed E-state index contributed by atoms with van der Waals surface area (Å²) in [7, 11) is 1.34. The molecule has 7 nitrogen and oxygen atoms in total. The number of carbonyl (C=O) groups is 2. The molecule has 1 atom stereocenters. The van der Waals surface area contributed by atoms with Crippen molar-refractivity contribution in [1.82, 2.24) is 14.9 Å². The number of ether oxygens (including phenoxy) is 2. The van der Waals surface area contributed by atoms with Crippen LogP contribution in [-0.4, -0.2) is 41.5 Å². The first-order valence-electron chi connectivity index (χ1n) is 12.2. The molecule has 0 spiro atoms. The third-order valence-corrected chi connectivity index (χ3v) is 7.10. The number of benzene rings is 2. The van der Waals surface area contributed by atoms with Crippen molar-refractivity contribution in [1.29, 1.82) is 0 Å². The van der Waals surface area contributed by atoms with E-state index in [0.717, 1.165) is 22.6 Å². The summed E-state index contributed by atoms with van der Waals surface area (Å²) in [6, 6.07) is 16.0. The lowest BCUT2D eigenvalue weighted by Gasteiger charge is -2.30. The van der Waals surface area contributed by atoms with Gasteiger partial charge in [-0.1, -0.05) is 42.5 Å². The fraction of sp³-hybridized carbons (Fsp3) is 0.233. The van der Waals surface area contributed by atoms with Gasteiger partial charge in [0, 0.05) is 35.2 Å². The molecule has 0 saturated carbocycles. The number of esters is 2.